The third-order valence-corrected chi connectivity index (χ3v) is 2.49. The molecule has 1 aromatic carbocycles. The van der Waals surface area contributed by atoms with Crippen LogP contribution in [-0.2, 0) is 0 Å². The van der Waals surface area contributed by atoms with E-state index in [4.69, 9.17) is 0 Å². The summed E-state index contributed by atoms with van der Waals surface area (Å²) in [5.74, 6) is -0.670. The molecule has 0 amide bonds. The molecular formula is C14H10F3NO2. The van der Waals surface area contributed by atoms with Gasteiger partial charge in [-0.25, -0.2) is 0 Å². The smallest absolute Gasteiger partial charge is 0.406 e. The second kappa shape index (κ2) is 5.32. The lowest BCUT2D eigenvalue weighted by atomic mass is 10.0. The zero-order valence-electron chi connectivity index (χ0n) is 10.4. The van der Waals surface area contributed by atoms with Gasteiger partial charge in [-0.05, 0) is 42.8 Å². The molecule has 104 valence electrons. The zero-order chi connectivity index (χ0) is 14.8. The molecule has 0 aliphatic rings. The summed E-state index contributed by atoms with van der Waals surface area (Å²) >= 11 is 0. The van der Waals surface area contributed by atoms with Crippen molar-refractivity contribution < 1.29 is 22.7 Å². The van der Waals surface area contributed by atoms with Crippen molar-refractivity contribution in [1.82, 2.24) is 4.98 Å². The molecule has 20 heavy (non-hydrogen) atoms. The lowest BCUT2D eigenvalue weighted by Crippen LogP contribution is -2.17. The predicted octanol–water partition coefficient (Wildman–Crippen LogP) is 3.52. The maximum Gasteiger partial charge on any atom is 0.573 e. The maximum atomic E-state index is 12.1. The first-order chi connectivity index (χ1) is 9.35. The number of hydrogen-bond donors (Lipinski definition) is 0. The Labute approximate surface area is 113 Å². The van der Waals surface area contributed by atoms with Crippen molar-refractivity contribution in [3.8, 4) is 5.75 Å². The molecule has 0 atom stereocenters. The van der Waals surface area contributed by atoms with Crippen LogP contribution in [0.2, 0.25) is 0 Å². The number of carbonyl (C=O) groups excluding carboxylic acids is 1. The van der Waals surface area contributed by atoms with Crippen LogP contribution >= 0.6 is 0 Å². The summed E-state index contributed by atoms with van der Waals surface area (Å²) in [6.07, 6.45) is -1.72. The highest BCUT2D eigenvalue weighted by Crippen LogP contribution is 2.23. The van der Waals surface area contributed by atoms with Gasteiger partial charge in [-0.2, -0.15) is 0 Å². The Morgan fingerprint density at radius 1 is 1.10 bits per heavy atom. The van der Waals surface area contributed by atoms with Crippen LogP contribution < -0.4 is 4.74 Å². The van der Waals surface area contributed by atoms with Gasteiger partial charge in [0.05, 0.1) is 0 Å². The first-order valence-corrected chi connectivity index (χ1v) is 5.67. The van der Waals surface area contributed by atoms with Gasteiger partial charge in [0.2, 0.25) is 0 Å². The molecule has 0 bridgehead atoms. The molecule has 0 spiro atoms. The minimum atomic E-state index is -4.74. The normalized spacial score (nSPS) is 11.2. The quantitative estimate of drug-likeness (QED) is 0.808. The van der Waals surface area contributed by atoms with Gasteiger partial charge >= 0.3 is 6.36 Å². The minimum absolute atomic E-state index is 0.270. The van der Waals surface area contributed by atoms with Crippen LogP contribution in [0.1, 0.15) is 21.5 Å². The SMILES string of the molecule is Cc1cncc(C(=O)c2ccc(OC(F)(F)F)cc2)c1. The van der Waals surface area contributed by atoms with Crippen LogP contribution in [0.25, 0.3) is 0 Å². The summed E-state index contributed by atoms with van der Waals surface area (Å²) in [6.45, 7) is 1.80. The minimum Gasteiger partial charge on any atom is -0.406 e. The Kier molecular flexibility index (Phi) is 3.74. The predicted molar refractivity (Wildman–Crippen MR) is 65.5 cm³/mol. The van der Waals surface area contributed by atoms with Crippen LogP contribution in [0.4, 0.5) is 13.2 Å². The number of pyridine rings is 1. The molecule has 0 fully saturated rings. The highest BCUT2D eigenvalue weighted by atomic mass is 19.4. The topological polar surface area (TPSA) is 39.2 Å². The fraction of sp³-hybridized carbons (Fsp3) is 0.143. The highest BCUT2D eigenvalue weighted by Gasteiger charge is 2.31. The van der Waals surface area contributed by atoms with Crippen molar-refractivity contribution in [2.45, 2.75) is 13.3 Å². The maximum absolute atomic E-state index is 12.1. The molecule has 1 aromatic heterocycles. The van der Waals surface area contributed by atoms with Crippen LogP contribution in [0, 0.1) is 6.92 Å². The van der Waals surface area contributed by atoms with Crippen LogP contribution in [0.3, 0.4) is 0 Å². The average Bonchev–Trinajstić information content (AvgIpc) is 2.37. The van der Waals surface area contributed by atoms with Gasteiger partial charge in [-0.3, -0.25) is 9.78 Å². The summed E-state index contributed by atoms with van der Waals surface area (Å²) in [4.78, 5) is 16.0. The summed E-state index contributed by atoms with van der Waals surface area (Å²) in [5.41, 5.74) is 1.48. The summed E-state index contributed by atoms with van der Waals surface area (Å²) in [7, 11) is 0. The van der Waals surface area contributed by atoms with E-state index in [1.807, 2.05) is 0 Å². The fourth-order valence-corrected chi connectivity index (χ4v) is 1.65. The molecule has 0 unspecified atom stereocenters. The number of hydrogen-bond acceptors (Lipinski definition) is 3. The van der Waals surface area contributed by atoms with E-state index in [1.165, 1.54) is 18.3 Å². The number of alkyl halides is 3. The van der Waals surface area contributed by atoms with Crippen molar-refractivity contribution in [2.75, 3.05) is 0 Å². The molecule has 0 saturated heterocycles. The molecule has 0 radical (unpaired) electrons. The molecule has 2 rings (SSSR count). The van der Waals surface area contributed by atoms with Crippen molar-refractivity contribution >= 4 is 5.78 Å². The molecule has 2 aromatic rings. The number of halogens is 3. The van der Waals surface area contributed by atoms with Crippen molar-refractivity contribution in [3.05, 3.63) is 59.4 Å². The lowest BCUT2D eigenvalue weighted by molar-refractivity contribution is -0.274. The third kappa shape index (κ3) is 3.57. The van der Waals surface area contributed by atoms with Gasteiger partial charge in [0, 0.05) is 23.5 Å². The van der Waals surface area contributed by atoms with Crippen molar-refractivity contribution in [1.29, 1.82) is 0 Å². The number of nitrogens with zero attached hydrogens (tertiary/aromatic N) is 1. The third-order valence-electron chi connectivity index (χ3n) is 2.49. The number of carbonyl (C=O) groups is 1. The molecular weight excluding hydrogens is 271 g/mol. The monoisotopic (exact) mass is 281 g/mol. The van der Waals surface area contributed by atoms with E-state index in [2.05, 4.69) is 9.72 Å². The standard InChI is InChI=1S/C14H10F3NO2/c1-9-6-11(8-18-7-9)13(19)10-2-4-12(5-3-10)20-14(15,16)17/h2-8H,1H3. The molecule has 3 nitrogen and oxygen atoms in total. The number of ether oxygens (including phenoxy) is 1. The van der Waals surface area contributed by atoms with Crippen LogP contribution in [-0.4, -0.2) is 17.1 Å². The Morgan fingerprint density at radius 3 is 2.30 bits per heavy atom. The van der Waals surface area contributed by atoms with Crippen molar-refractivity contribution in [3.63, 3.8) is 0 Å². The van der Waals surface area contributed by atoms with E-state index in [-0.39, 0.29) is 17.1 Å². The van der Waals surface area contributed by atoms with Gasteiger partial charge in [0.1, 0.15) is 5.75 Å². The van der Waals surface area contributed by atoms with E-state index in [0.29, 0.717) is 5.56 Å². The molecule has 1 heterocycles. The number of benzene rings is 1. The summed E-state index contributed by atoms with van der Waals surface area (Å²) < 4.78 is 39.8. The highest BCUT2D eigenvalue weighted by molar-refractivity contribution is 6.08. The first-order valence-electron chi connectivity index (χ1n) is 5.67. The average molecular weight is 281 g/mol. The van der Waals surface area contributed by atoms with Gasteiger partial charge in [-0.15, -0.1) is 13.2 Å². The number of aryl methyl sites for hydroxylation is 1. The summed E-state index contributed by atoms with van der Waals surface area (Å²) in [6, 6.07) is 6.43. The number of aromatic nitrogens is 1. The second-order valence-electron chi connectivity index (χ2n) is 4.15. The van der Waals surface area contributed by atoms with Gasteiger partial charge < -0.3 is 4.74 Å². The Bertz CT molecular complexity index is 621. The van der Waals surface area contributed by atoms with E-state index < -0.39 is 6.36 Å². The van der Waals surface area contributed by atoms with E-state index in [9.17, 15) is 18.0 Å². The molecule has 6 heteroatoms. The first kappa shape index (κ1) is 14.0. The molecule has 0 N–H and O–H groups in total. The molecule has 0 aliphatic carbocycles. The van der Waals surface area contributed by atoms with E-state index in [0.717, 1.165) is 17.7 Å². The fourth-order valence-electron chi connectivity index (χ4n) is 1.65. The largest absolute Gasteiger partial charge is 0.573 e. The molecule has 0 aliphatic heterocycles. The van der Waals surface area contributed by atoms with Crippen LogP contribution in [0.5, 0.6) is 5.75 Å². The van der Waals surface area contributed by atoms with Gasteiger partial charge in [0.15, 0.2) is 5.78 Å². The second-order valence-corrected chi connectivity index (χ2v) is 4.15. The summed E-state index contributed by atoms with van der Waals surface area (Å²) in [5, 5.41) is 0. The van der Waals surface area contributed by atoms with Gasteiger partial charge in [-0.1, -0.05) is 0 Å². The number of rotatable bonds is 3. The van der Waals surface area contributed by atoms with Gasteiger partial charge in [0.25, 0.3) is 0 Å². The molecule has 0 saturated carbocycles. The van der Waals surface area contributed by atoms with E-state index in [1.54, 1.807) is 19.2 Å². The number of ketones is 1. The zero-order valence-corrected chi connectivity index (χ0v) is 10.4. The Morgan fingerprint density at radius 2 is 1.75 bits per heavy atom. The van der Waals surface area contributed by atoms with E-state index >= 15 is 0 Å². The van der Waals surface area contributed by atoms with Crippen LogP contribution in [0.15, 0.2) is 42.7 Å². The Hall–Kier alpha value is -2.37. The lowest BCUT2D eigenvalue weighted by Gasteiger charge is -2.09. The Balaban J connectivity index is 2.20. The van der Waals surface area contributed by atoms with Crippen molar-refractivity contribution in [2.24, 2.45) is 0 Å².